The number of rotatable bonds is 2. The molecule has 0 N–H and O–H groups in total. The first kappa shape index (κ1) is 29.5. The van der Waals surface area contributed by atoms with Crippen LogP contribution in [0.2, 0.25) is 0 Å². The van der Waals surface area contributed by atoms with E-state index in [9.17, 15) is 0 Å². The Kier molecular flexibility index (Phi) is 5.71. The second kappa shape index (κ2) is 8.90. The van der Waals surface area contributed by atoms with Gasteiger partial charge in [0.05, 0.1) is 11.0 Å². The van der Waals surface area contributed by atoms with E-state index >= 15 is 8.78 Å². The Hall–Kier alpha value is -3.93. The molecule has 0 bridgehead atoms. The summed E-state index contributed by atoms with van der Waals surface area (Å²) in [6.07, 6.45) is 0.669. The summed E-state index contributed by atoms with van der Waals surface area (Å²) in [7, 11) is 0. The Bertz CT molecular complexity index is 2130. The van der Waals surface area contributed by atoms with Gasteiger partial charge in [-0.3, -0.25) is 4.57 Å². The Morgan fingerprint density at radius 2 is 1.41 bits per heavy atom. The van der Waals surface area contributed by atoms with E-state index in [1.807, 2.05) is 6.07 Å². The number of fused-ring (bicyclic) bond motifs is 5. The molecule has 46 heavy (non-hydrogen) atoms. The molecular weight excluding hydrogens is 571 g/mol. The van der Waals surface area contributed by atoms with E-state index < -0.39 is 18.3 Å². The first-order chi connectivity index (χ1) is 21.5. The van der Waals surface area contributed by atoms with E-state index in [1.165, 1.54) is 17.2 Å². The lowest BCUT2D eigenvalue weighted by atomic mass is 9.33. The van der Waals surface area contributed by atoms with Crippen LogP contribution in [-0.4, -0.2) is 16.3 Å². The van der Waals surface area contributed by atoms with Gasteiger partial charge in [0.25, 0.3) is 6.71 Å². The zero-order valence-electron chi connectivity index (χ0n) is 28.7. The summed E-state index contributed by atoms with van der Waals surface area (Å²) in [6.45, 7) is 22.3. The largest absolute Gasteiger partial charge is 0.311 e. The molecule has 2 aliphatic heterocycles. The van der Waals surface area contributed by atoms with Crippen LogP contribution in [0.3, 0.4) is 0 Å². The molecule has 0 saturated heterocycles. The SMILES string of the molecule is Cc1cc2c3c(c1)-n1c(CC(C)(C)C)nc4cc(F)c(F)c(c41)B3c1cc3c(cc1N2c1ccccc1)C(C)(C)C(C)(C)C3(C)C. The molecule has 1 aromatic heterocycles. The van der Waals surface area contributed by atoms with E-state index in [2.05, 4.69) is 127 Å². The van der Waals surface area contributed by atoms with E-state index in [0.29, 0.717) is 22.9 Å². The summed E-state index contributed by atoms with van der Waals surface area (Å²) in [5.41, 5.74) is 11.0. The van der Waals surface area contributed by atoms with Crippen LogP contribution >= 0.6 is 0 Å². The van der Waals surface area contributed by atoms with Crippen molar-refractivity contribution in [2.75, 3.05) is 4.90 Å². The third-order valence-corrected chi connectivity index (χ3v) is 12.2. The summed E-state index contributed by atoms with van der Waals surface area (Å²) < 4.78 is 34.4. The van der Waals surface area contributed by atoms with Crippen molar-refractivity contribution in [2.24, 2.45) is 10.8 Å². The van der Waals surface area contributed by atoms with Crippen molar-refractivity contribution >= 4 is 51.2 Å². The lowest BCUT2D eigenvalue weighted by molar-refractivity contribution is 0.125. The Morgan fingerprint density at radius 1 is 0.783 bits per heavy atom. The number of imidazole rings is 1. The van der Waals surface area contributed by atoms with Crippen LogP contribution in [0.4, 0.5) is 25.8 Å². The van der Waals surface area contributed by atoms with Gasteiger partial charge in [0, 0.05) is 35.2 Å². The Balaban J connectivity index is 1.56. The first-order valence-electron chi connectivity index (χ1n) is 16.5. The van der Waals surface area contributed by atoms with Gasteiger partial charge in [-0.25, -0.2) is 13.8 Å². The number of nitrogens with zero attached hydrogens (tertiary/aromatic N) is 3. The molecule has 0 amide bonds. The number of aryl methyl sites for hydroxylation is 1. The molecule has 5 aromatic rings. The monoisotopic (exact) mass is 613 g/mol. The number of halogens is 2. The van der Waals surface area contributed by atoms with Gasteiger partial charge in [-0.15, -0.1) is 0 Å². The van der Waals surface area contributed by atoms with Crippen LogP contribution in [-0.2, 0) is 17.3 Å². The number of hydrogen-bond donors (Lipinski definition) is 0. The molecule has 3 nitrogen and oxygen atoms in total. The molecule has 0 unspecified atom stereocenters. The fourth-order valence-electron chi connectivity index (χ4n) is 8.76. The number of aromatic nitrogens is 2. The highest BCUT2D eigenvalue weighted by molar-refractivity contribution is 7.00. The molecule has 6 heteroatoms. The predicted octanol–water partition coefficient (Wildman–Crippen LogP) is 8.41. The number of para-hydroxylation sites is 1. The number of hydrogen-bond acceptors (Lipinski definition) is 2. The van der Waals surface area contributed by atoms with Crippen molar-refractivity contribution in [3.63, 3.8) is 0 Å². The Morgan fingerprint density at radius 3 is 2.07 bits per heavy atom. The maximum absolute atomic E-state index is 16.6. The maximum Gasteiger partial charge on any atom is 0.256 e. The molecule has 0 saturated carbocycles. The fourth-order valence-corrected chi connectivity index (χ4v) is 8.76. The summed E-state index contributed by atoms with van der Waals surface area (Å²) in [5.74, 6) is -0.796. The first-order valence-corrected chi connectivity index (χ1v) is 16.5. The van der Waals surface area contributed by atoms with Crippen molar-refractivity contribution in [3.8, 4) is 5.69 Å². The summed E-state index contributed by atoms with van der Waals surface area (Å²) in [4.78, 5) is 7.37. The molecule has 4 aromatic carbocycles. The quantitative estimate of drug-likeness (QED) is 0.183. The van der Waals surface area contributed by atoms with Crippen molar-refractivity contribution in [3.05, 3.63) is 94.8 Å². The highest BCUT2D eigenvalue weighted by Gasteiger charge is 2.58. The minimum absolute atomic E-state index is 0.0527. The van der Waals surface area contributed by atoms with Crippen molar-refractivity contribution in [1.29, 1.82) is 0 Å². The number of benzene rings is 4. The van der Waals surface area contributed by atoms with Crippen molar-refractivity contribution in [2.45, 2.75) is 86.5 Å². The van der Waals surface area contributed by atoms with Gasteiger partial charge in [-0.1, -0.05) is 86.6 Å². The van der Waals surface area contributed by atoms with Gasteiger partial charge in [-0.2, -0.15) is 0 Å². The van der Waals surface area contributed by atoms with E-state index in [1.54, 1.807) is 0 Å². The van der Waals surface area contributed by atoms with Gasteiger partial charge in [0.15, 0.2) is 11.6 Å². The standard InChI is InChI=1S/C40H42BF2N3/c1-22-16-30-33-31(17-22)46-32(21-37(2,3)4)44-28-20-27(42)35(43)34(36(28)46)41(33)26-18-24-25(39(7,8)40(9,10)38(24,5)6)19-29(26)45(30)23-14-12-11-13-15-23/h11-20H,21H2,1-10H3. The van der Waals surface area contributed by atoms with Crippen molar-refractivity contribution < 1.29 is 8.78 Å². The van der Waals surface area contributed by atoms with Crippen LogP contribution in [0.25, 0.3) is 16.7 Å². The smallest absolute Gasteiger partial charge is 0.256 e. The maximum atomic E-state index is 16.6. The van der Waals surface area contributed by atoms with Gasteiger partial charge in [0.1, 0.15) is 5.82 Å². The predicted molar refractivity (Wildman–Crippen MR) is 188 cm³/mol. The molecule has 234 valence electrons. The molecule has 0 atom stereocenters. The summed E-state index contributed by atoms with van der Waals surface area (Å²) >= 11 is 0. The zero-order chi connectivity index (χ0) is 32.9. The third-order valence-electron chi connectivity index (χ3n) is 12.2. The van der Waals surface area contributed by atoms with Gasteiger partial charge >= 0.3 is 0 Å². The average Bonchev–Trinajstić information content (AvgIpc) is 3.36. The van der Waals surface area contributed by atoms with Crippen LogP contribution in [0, 0.1) is 29.4 Å². The second-order valence-corrected chi connectivity index (χ2v) is 16.7. The molecule has 0 fully saturated rings. The van der Waals surface area contributed by atoms with Gasteiger partial charge in [0.2, 0.25) is 0 Å². The topological polar surface area (TPSA) is 21.1 Å². The highest BCUT2D eigenvalue weighted by atomic mass is 19.2. The molecular formula is C40H42BF2N3. The minimum atomic E-state index is -0.845. The molecule has 1 aliphatic carbocycles. The normalized spacial score (nSPS) is 18.1. The Labute approximate surface area is 271 Å². The summed E-state index contributed by atoms with van der Waals surface area (Å²) in [5, 5.41) is 0. The van der Waals surface area contributed by atoms with E-state index in [4.69, 9.17) is 4.98 Å². The minimum Gasteiger partial charge on any atom is -0.311 e. The van der Waals surface area contributed by atoms with E-state index in [0.717, 1.165) is 45.1 Å². The fraction of sp³-hybridized carbons (Fsp3) is 0.375. The van der Waals surface area contributed by atoms with Gasteiger partial charge < -0.3 is 4.90 Å². The second-order valence-electron chi connectivity index (χ2n) is 16.7. The average molecular weight is 614 g/mol. The highest BCUT2D eigenvalue weighted by Crippen LogP contribution is 2.62. The van der Waals surface area contributed by atoms with Crippen LogP contribution in [0.1, 0.15) is 84.8 Å². The van der Waals surface area contributed by atoms with Gasteiger partial charge in [-0.05, 0) is 92.0 Å². The van der Waals surface area contributed by atoms with Crippen LogP contribution in [0.5, 0.6) is 0 Å². The summed E-state index contributed by atoms with van der Waals surface area (Å²) in [6, 6.07) is 20.9. The lowest BCUT2D eigenvalue weighted by Gasteiger charge is -2.44. The molecule has 3 aliphatic rings. The molecule has 0 spiro atoms. The van der Waals surface area contributed by atoms with Crippen molar-refractivity contribution in [1.82, 2.24) is 9.55 Å². The lowest BCUT2D eigenvalue weighted by Crippen LogP contribution is -2.62. The van der Waals surface area contributed by atoms with E-state index in [-0.39, 0.29) is 21.7 Å². The number of anilines is 3. The van der Waals surface area contributed by atoms with Crippen LogP contribution < -0.4 is 21.3 Å². The van der Waals surface area contributed by atoms with Crippen LogP contribution in [0.15, 0.2) is 60.7 Å². The molecule has 0 radical (unpaired) electrons. The molecule has 3 heterocycles. The zero-order valence-corrected chi connectivity index (χ0v) is 28.7. The molecule has 8 rings (SSSR count). The third kappa shape index (κ3) is 3.56.